The van der Waals surface area contributed by atoms with E-state index in [1.165, 1.54) is 0 Å². The number of rotatable bonds is 4. The fraction of sp³-hybridized carbons (Fsp3) is 0.467. The van der Waals surface area contributed by atoms with Crippen molar-refractivity contribution in [2.75, 3.05) is 6.54 Å². The minimum Gasteiger partial charge on any atom is -0.391 e. The monoisotopic (exact) mass is 310 g/mol. The van der Waals surface area contributed by atoms with E-state index < -0.39 is 6.10 Å². The lowest BCUT2D eigenvalue weighted by molar-refractivity contribution is -0.122. The summed E-state index contributed by atoms with van der Waals surface area (Å²) >= 11 is 5.75. The Morgan fingerprint density at radius 1 is 1.19 bits per heavy atom. The van der Waals surface area contributed by atoms with E-state index in [0.717, 1.165) is 19.3 Å². The summed E-state index contributed by atoms with van der Waals surface area (Å²) in [4.78, 5) is 23.6. The van der Waals surface area contributed by atoms with Crippen molar-refractivity contribution >= 4 is 23.4 Å². The Kier molecular flexibility index (Phi) is 5.59. The van der Waals surface area contributed by atoms with Crippen molar-refractivity contribution in [1.29, 1.82) is 0 Å². The van der Waals surface area contributed by atoms with Crippen LogP contribution in [0.3, 0.4) is 0 Å². The van der Waals surface area contributed by atoms with Gasteiger partial charge in [-0.15, -0.1) is 0 Å². The number of benzene rings is 1. The van der Waals surface area contributed by atoms with E-state index in [4.69, 9.17) is 11.6 Å². The highest BCUT2D eigenvalue weighted by atomic mass is 35.5. The molecule has 114 valence electrons. The van der Waals surface area contributed by atoms with Crippen molar-refractivity contribution in [2.24, 2.45) is 0 Å². The van der Waals surface area contributed by atoms with Crippen LogP contribution in [0.2, 0.25) is 5.02 Å². The molecule has 2 amide bonds. The van der Waals surface area contributed by atoms with E-state index in [-0.39, 0.29) is 24.4 Å². The van der Waals surface area contributed by atoms with Crippen LogP contribution in [0, 0.1) is 0 Å². The van der Waals surface area contributed by atoms with Crippen LogP contribution in [-0.4, -0.2) is 35.6 Å². The molecule has 1 aromatic carbocycles. The van der Waals surface area contributed by atoms with Gasteiger partial charge in [0.2, 0.25) is 5.91 Å². The molecule has 0 unspecified atom stereocenters. The molecule has 0 saturated heterocycles. The first-order valence-corrected chi connectivity index (χ1v) is 7.45. The lowest BCUT2D eigenvalue weighted by Gasteiger charge is -2.28. The van der Waals surface area contributed by atoms with Gasteiger partial charge in [0.05, 0.1) is 18.7 Å². The van der Waals surface area contributed by atoms with Gasteiger partial charge in [-0.2, -0.15) is 0 Å². The molecule has 1 fully saturated rings. The van der Waals surface area contributed by atoms with E-state index in [0.29, 0.717) is 17.0 Å². The summed E-state index contributed by atoms with van der Waals surface area (Å²) in [5.41, 5.74) is 0.449. The second-order valence-corrected chi connectivity index (χ2v) is 5.65. The molecule has 0 heterocycles. The van der Waals surface area contributed by atoms with E-state index in [9.17, 15) is 14.7 Å². The zero-order valence-corrected chi connectivity index (χ0v) is 12.4. The number of aliphatic hydroxyl groups excluding tert-OH is 1. The minimum atomic E-state index is -0.491. The number of hydrogen-bond donors (Lipinski definition) is 3. The fourth-order valence-corrected chi connectivity index (χ4v) is 2.53. The van der Waals surface area contributed by atoms with E-state index in [1.807, 2.05) is 0 Å². The third-order valence-corrected chi connectivity index (χ3v) is 3.84. The Hall–Kier alpha value is -1.59. The Morgan fingerprint density at radius 2 is 1.86 bits per heavy atom. The number of carbonyl (C=O) groups excluding carboxylic acids is 2. The van der Waals surface area contributed by atoms with Crippen LogP contribution in [0.25, 0.3) is 0 Å². The van der Waals surface area contributed by atoms with E-state index in [1.54, 1.807) is 24.3 Å². The Morgan fingerprint density at radius 3 is 2.52 bits per heavy atom. The van der Waals surface area contributed by atoms with Crippen LogP contribution in [-0.2, 0) is 4.79 Å². The summed E-state index contributed by atoms with van der Waals surface area (Å²) in [7, 11) is 0. The van der Waals surface area contributed by atoms with Gasteiger partial charge in [-0.1, -0.05) is 24.4 Å². The molecule has 1 aromatic rings. The molecule has 0 bridgehead atoms. The number of carbonyl (C=O) groups is 2. The van der Waals surface area contributed by atoms with Gasteiger partial charge in [-0.3, -0.25) is 9.59 Å². The third-order valence-electron chi connectivity index (χ3n) is 3.59. The van der Waals surface area contributed by atoms with Crippen molar-refractivity contribution in [1.82, 2.24) is 10.6 Å². The number of halogens is 1. The van der Waals surface area contributed by atoms with E-state index >= 15 is 0 Å². The molecule has 0 spiro atoms. The largest absolute Gasteiger partial charge is 0.391 e. The molecule has 1 aliphatic carbocycles. The molecule has 21 heavy (non-hydrogen) atoms. The summed E-state index contributed by atoms with van der Waals surface area (Å²) in [5, 5.41) is 15.6. The van der Waals surface area contributed by atoms with Crippen LogP contribution in [0.1, 0.15) is 36.0 Å². The van der Waals surface area contributed by atoms with Gasteiger partial charge in [0.1, 0.15) is 0 Å². The van der Waals surface area contributed by atoms with Crippen LogP contribution in [0.4, 0.5) is 0 Å². The smallest absolute Gasteiger partial charge is 0.251 e. The highest BCUT2D eigenvalue weighted by molar-refractivity contribution is 6.30. The van der Waals surface area contributed by atoms with Gasteiger partial charge in [-0.25, -0.2) is 0 Å². The summed E-state index contributed by atoms with van der Waals surface area (Å²) < 4.78 is 0. The molecule has 1 saturated carbocycles. The van der Waals surface area contributed by atoms with Gasteiger partial charge >= 0.3 is 0 Å². The maximum atomic E-state index is 11.8. The van der Waals surface area contributed by atoms with Crippen molar-refractivity contribution < 1.29 is 14.7 Å². The third kappa shape index (κ3) is 4.72. The molecular formula is C15H19ClN2O3. The highest BCUT2D eigenvalue weighted by Gasteiger charge is 2.24. The van der Waals surface area contributed by atoms with Gasteiger partial charge < -0.3 is 15.7 Å². The molecule has 3 N–H and O–H groups in total. The van der Waals surface area contributed by atoms with Crippen LogP contribution in [0.5, 0.6) is 0 Å². The predicted molar refractivity (Wildman–Crippen MR) is 80.2 cm³/mol. The van der Waals surface area contributed by atoms with Crippen LogP contribution in [0.15, 0.2) is 24.3 Å². The topological polar surface area (TPSA) is 78.4 Å². The molecule has 0 aliphatic heterocycles. The summed E-state index contributed by atoms with van der Waals surface area (Å²) in [6.45, 7) is -0.106. The van der Waals surface area contributed by atoms with Crippen molar-refractivity contribution in [3.63, 3.8) is 0 Å². The molecule has 1 aliphatic rings. The Labute approximate surface area is 128 Å². The van der Waals surface area contributed by atoms with Gasteiger partial charge in [-0.05, 0) is 37.1 Å². The molecule has 0 radical (unpaired) electrons. The van der Waals surface area contributed by atoms with E-state index in [2.05, 4.69) is 10.6 Å². The maximum absolute atomic E-state index is 11.8. The molecule has 5 nitrogen and oxygen atoms in total. The molecule has 2 atom stereocenters. The van der Waals surface area contributed by atoms with Gasteiger partial charge in [0.15, 0.2) is 0 Å². The minimum absolute atomic E-state index is 0.106. The lowest BCUT2D eigenvalue weighted by Crippen LogP contribution is -2.48. The highest BCUT2D eigenvalue weighted by Crippen LogP contribution is 2.18. The second kappa shape index (κ2) is 7.43. The fourth-order valence-electron chi connectivity index (χ4n) is 2.40. The van der Waals surface area contributed by atoms with Gasteiger partial charge in [0, 0.05) is 10.6 Å². The molecule has 0 aromatic heterocycles. The lowest BCUT2D eigenvalue weighted by atomic mass is 9.92. The molecular weight excluding hydrogens is 292 g/mol. The average Bonchev–Trinajstić information content (AvgIpc) is 2.48. The summed E-state index contributed by atoms with van der Waals surface area (Å²) in [6.07, 6.45) is 2.98. The SMILES string of the molecule is O=C(CNC(=O)c1ccc(Cl)cc1)N[C@H]1CCCC[C@@H]1O. The number of nitrogens with one attached hydrogen (secondary N) is 2. The normalized spacial score (nSPS) is 21.6. The Balaban J connectivity index is 1.78. The summed E-state index contributed by atoms with van der Waals surface area (Å²) in [6, 6.07) is 6.23. The van der Waals surface area contributed by atoms with Crippen LogP contribution < -0.4 is 10.6 Å². The number of amides is 2. The molecule has 2 rings (SSSR count). The first-order chi connectivity index (χ1) is 10.1. The quantitative estimate of drug-likeness (QED) is 0.788. The van der Waals surface area contributed by atoms with Crippen molar-refractivity contribution in [3.05, 3.63) is 34.9 Å². The Bertz CT molecular complexity index is 504. The first kappa shape index (κ1) is 15.8. The second-order valence-electron chi connectivity index (χ2n) is 5.22. The standard InChI is InChI=1S/C15H19ClN2O3/c16-11-7-5-10(6-8-11)15(21)17-9-14(20)18-12-3-1-2-4-13(12)19/h5-8,12-13,19H,1-4,9H2,(H,17,21)(H,18,20)/t12-,13-/m0/s1. The maximum Gasteiger partial charge on any atom is 0.251 e. The zero-order valence-electron chi connectivity index (χ0n) is 11.6. The van der Waals surface area contributed by atoms with Crippen molar-refractivity contribution in [2.45, 2.75) is 37.8 Å². The molecule has 6 heteroatoms. The first-order valence-electron chi connectivity index (χ1n) is 7.07. The van der Waals surface area contributed by atoms with Crippen molar-refractivity contribution in [3.8, 4) is 0 Å². The van der Waals surface area contributed by atoms with Crippen LogP contribution >= 0.6 is 11.6 Å². The summed E-state index contributed by atoms with van der Waals surface area (Å²) in [5.74, 6) is -0.616. The van der Waals surface area contributed by atoms with Gasteiger partial charge in [0.25, 0.3) is 5.91 Å². The predicted octanol–water partition coefficient (Wildman–Crippen LogP) is 1.49. The number of aliphatic hydroxyl groups is 1. The zero-order chi connectivity index (χ0) is 15.2. The number of hydrogen-bond acceptors (Lipinski definition) is 3. The average molecular weight is 311 g/mol.